The molecule has 228 valence electrons. The number of pyridine rings is 2. The smallest absolute Gasteiger partial charge is 0.351 e. The summed E-state index contributed by atoms with van der Waals surface area (Å²) in [5.41, 5.74) is 11.6. The number of aliphatic hydroxyl groups is 3. The van der Waals surface area contributed by atoms with E-state index in [-0.39, 0.29) is 41.3 Å². The fraction of sp³-hybridized carbons (Fsp3) is 0.455. The lowest BCUT2D eigenvalue weighted by Gasteiger charge is -2.17. The van der Waals surface area contributed by atoms with Gasteiger partial charge in [-0.2, -0.15) is 0 Å². The van der Waals surface area contributed by atoms with Crippen LogP contribution in [-0.2, 0) is 18.8 Å². The molecule has 42 heavy (non-hydrogen) atoms. The topological polar surface area (TPSA) is 299 Å². The number of imidazole rings is 2. The SMILES string of the molecule is Nc1cc2c(ncn2[C@@H]2O[C@H](CO)C[C@@H]2O)c(=O)[nH]1.Nc1cc2c(ncn2[C@@H]2O[C@H](OCP(=O)(O)O)C[C@@H]2O)c(=O)[nH]1. The summed E-state index contributed by atoms with van der Waals surface area (Å²) in [5.74, 6) is 0.344. The standard InChI is InChI=1S/C11H15N4O7P.C11H14N4O4/c12-7-1-5-9(10(17)14-7)13-3-15(5)11-6(16)2-8(22-11)21-4-23(18,19)20;12-8-2-6-9(10(18)14-8)13-4-15(6)11-7(17)1-5(3-16)19-11/h1,3,6,8,11,16H,2,4H2,(H3,12,14,17)(H2,18,19,20);2,4-5,7,11,16-17H,1,3H2,(H3,12,14,18)/t6-,8-,11+;5-,7-,11+/m00/s1. The van der Waals surface area contributed by atoms with E-state index in [2.05, 4.69) is 19.9 Å². The van der Waals surface area contributed by atoms with Crippen LogP contribution in [-0.4, -0.2) is 91.7 Å². The second-order valence-corrected chi connectivity index (χ2v) is 11.3. The zero-order chi connectivity index (χ0) is 30.3. The van der Waals surface area contributed by atoms with Crippen molar-refractivity contribution in [2.75, 3.05) is 24.4 Å². The van der Waals surface area contributed by atoms with Crippen molar-refractivity contribution in [1.29, 1.82) is 0 Å². The molecule has 2 aliphatic heterocycles. The van der Waals surface area contributed by atoms with Crippen LogP contribution in [0.15, 0.2) is 34.4 Å². The highest BCUT2D eigenvalue weighted by molar-refractivity contribution is 7.51. The van der Waals surface area contributed by atoms with Crippen LogP contribution in [0.1, 0.15) is 25.3 Å². The largest absolute Gasteiger partial charge is 0.394 e. The van der Waals surface area contributed by atoms with E-state index in [0.717, 1.165) is 0 Å². The molecule has 4 aromatic rings. The van der Waals surface area contributed by atoms with Gasteiger partial charge in [0.1, 0.15) is 23.8 Å². The van der Waals surface area contributed by atoms with Gasteiger partial charge in [0.2, 0.25) is 0 Å². The number of fused-ring (bicyclic) bond motifs is 2. The van der Waals surface area contributed by atoms with Gasteiger partial charge in [0, 0.05) is 25.0 Å². The zero-order valence-electron chi connectivity index (χ0n) is 21.7. The molecule has 2 fully saturated rings. The van der Waals surface area contributed by atoms with Gasteiger partial charge in [-0.05, 0) is 0 Å². The predicted octanol–water partition coefficient (Wildman–Crippen LogP) is -1.99. The van der Waals surface area contributed by atoms with E-state index in [1.165, 1.54) is 23.3 Å². The molecule has 0 aromatic carbocycles. The minimum Gasteiger partial charge on any atom is -0.394 e. The lowest BCUT2D eigenvalue weighted by molar-refractivity contribution is -0.145. The molecule has 4 aromatic heterocycles. The Kier molecular flexibility index (Phi) is 8.21. The zero-order valence-corrected chi connectivity index (χ0v) is 22.6. The average molecular weight is 612 g/mol. The van der Waals surface area contributed by atoms with E-state index in [4.69, 9.17) is 40.6 Å². The van der Waals surface area contributed by atoms with E-state index < -0.39 is 56.6 Å². The number of rotatable bonds is 6. The second kappa shape index (κ2) is 11.6. The Hall–Kier alpha value is -3.65. The number of nitrogens with two attached hydrogens (primary N) is 2. The second-order valence-electron chi connectivity index (χ2n) is 9.73. The minimum absolute atomic E-state index is 0.0169. The molecule has 6 heterocycles. The Morgan fingerprint density at radius 3 is 1.90 bits per heavy atom. The molecular formula is C22H29N8O11P. The lowest BCUT2D eigenvalue weighted by atomic mass is 10.2. The first-order chi connectivity index (χ1) is 19.8. The maximum Gasteiger partial charge on any atom is 0.351 e. The van der Waals surface area contributed by atoms with Crippen LogP contribution in [0.5, 0.6) is 0 Å². The van der Waals surface area contributed by atoms with Crippen LogP contribution < -0.4 is 22.6 Å². The number of aliphatic hydroxyl groups excluding tert-OH is 3. The van der Waals surface area contributed by atoms with Crippen LogP contribution in [0.25, 0.3) is 22.1 Å². The van der Waals surface area contributed by atoms with Crippen LogP contribution in [0.4, 0.5) is 11.6 Å². The van der Waals surface area contributed by atoms with Gasteiger partial charge in [-0.3, -0.25) is 14.2 Å². The molecule has 0 radical (unpaired) electrons. The molecule has 0 aliphatic carbocycles. The number of hydrogen-bond donors (Lipinski definition) is 9. The fourth-order valence-electron chi connectivity index (χ4n) is 4.78. The number of anilines is 2. The van der Waals surface area contributed by atoms with Crippen molar-refractivity contribution in [2.24, 2.45) is 0 Å². The van der Waals surface area contributed by atoms with Crippen molar-refractivity contribution in [3.8, 4) is 0 Å². The first kappa shape index (κ1) is 29.8. The van der Waals surface area contributed by atoms with Crippen molar-refractivity contribution >= 4 is 41.3 Å². The molecule has 6 rings (SSSR count). The maximum absolute atomic E-state index is 11.8. The molecule has 0 saturated carbocycles. The summed E-state index contributed by atoms with van der Waals surface area (Å²) in [5, 5.41) is 29.1. The Labute approximate surface area is 234 Å². The van der Waals surface area contributed by atoms with Crippen molar-refractivity contribution < 1.29 is 43.9 Å². The van der Waals surface area contributed by atoms with Gasteiger partial charge in [-0.1, -0.05) is 0 Å². The number of aromatic nitrogens is 6. The molecule has 2 aliphatic rings. The van der Waals surface area contributed by atoms with Crippen molar-refractivity contribution in [3.63, 3.8) is 0 Å². The number of aromatic amines is 2. The Morgan fingerprint density at radius 1 is 0.929 bits per heavy atom. The summed E-state index contributed by atoms with van der Waals surface area (Å²) >= 11 is 0. The number of nitrogens with zero attached hydrogens (tertiary/aromatic N) is 4. The quantitative estimate of drug-likeness (QED) is 0.106. The first-order valence-corrected chi connectivity index (χ1v) is 14.3. The highest BCUT2D eigenvalue weighted by atomic mass is 31.2. The summed E-state index contributed by atoms with van der Waals surface area (Å²) in [4.78, 5) is 53.8. The van der Waals surface area contributed by atoms with Gasteiger partial charge in [0.15, 0.2) is 36.1 Å². The number of ether oxygens (including phenoxy) is 3. The molecule has 2 saturated heterocycles. The van der Waals surface area contributed by atoms with Crippen LogP contribution >= 0.6 is 7.60 Å². The average Bonchev–Trinajstić information content (AvgIpc) is 3.67. The first-order valence-electron chi connectivity index (χ1n) is 12.5. The van der Waals surface area contributed by atoms with E-state index in [0.29, 0.717) is 17.5 Å². The molecule has 0 bridgehead atoms. The number of nitrogens with one attached hydrogen (secondary N) is 2. The number of hydrogen-bond acceptors (Lipinski definition) is 13. The van der Waals surface area contributed by atoms with E-state index >= 15 is 0 Å². The summed E-state index contributed by atoms with van der Waals surface area (Å²) in [6.07, 6.45) is -2.49. The summed E-state index contributed by atoms with van der Waals surface area (Å²) in [6, 6.07) is 3.04. The van der Waals surface area contributed by atoms with Crippen LogP contribution in [0, 0.1) is 0 Å². The van der Waals surface area contributed by atoms with Gasteiger partial charge in [-0.25, -0.2) is 9.97 Å². The van der Waals surface area contributed by atoms with Crippen molar-refractivity contribution in [3.05, 3.63) is 45.5 Å². The third-order valence-electron chi connectivity index (χ3n) is 6.59. The highest BCUT2D eigenvalue weighted by Gasteiger charge is 2.38. The van der Waals surface area contributed by atoms with Gasteiger partial charge in [-0.15, -0.1) is 0 Å². The van der Waals surface area contributed by atoms with E-state index in [1.54, 1.807) is 10.6 Å². The van der Waals surface area contributed by atoms with Gasteiger partial charge in [0.05, 0.1) is 36.4 Å². The third-order valence-corrected chi connectivity index (χ3v) is 7.08. The normalized spacial score (nSPS) is 26.1. The monoisotopic (exact) mass is 612 g/mol. The van der Waals surface area contributed by atoms with Gasteiger partial charge < -0.3 is 69.9 Å². The molecular weight excluding hydrogens is 583 g/mol. The molecule has 20 heteroatoms. The molecule has 0 amide bonds. The highest BCUT2D eigenvalue weighted by Crippen LogP contribution is 2.38. The number of nitrogen functional groups attached to an aromatic ring is 2. The Balaban J connectivity index is 0.000000171. The molecule has 6 atom stereocenters. The fourth-order valence-corrected chi connectivity index (χ4v) is 5.14. The molecule has 0 spiro atoms. The predicted molar refractivity (Wildman–Crippen MR) is 144 cm³/mol. The van der Waals surface area contributed by atoms with E-state index in [1.807, 2.05) is 0 Å². The minimum atomic E-state index is -4.33. The van der Waals surface area contributed by atoms with E-state index in [9.17, 15) is 24.4 Å². The summed E-state index contributed by atoms with van der Waals surface area (Å²) in [6.45, 7) is -0.164. The summed E-state index contributed by atoms with van der Waals surface area (Å²) < 4.78 is 29.7. The van der Waals surface area contributed by atoms with Gasteiger partial charge >= 0.3 is 7.60 Å². The lowest BCUT2D eigenvalue weighted by Crippen LogP contribution is -2.19. The maximum atomic E-state index is 11.8. The molecule has 0 unspecified atom stereocenters. The van der Waals surface area contributed by atoms with Crippen molar-refractivity contribution in [2.45, 2.75) is 49.9 Å². The summed E-state index contributed by atoms with van der Waals surface area (Å²) in [7, 11) is -4.33. The Bertz CT molecular complexity index is 1750. The Morgan fingerprint density at radius 2 is 1.43 bits per heavy atom. The van der Waals surface area contributed by atoms with Gasteiger partial charge in [0.25, 0.3) is 11.1 Å². The van der Waals surface area contributed by atoms with Crippen LogP contribution in [0.3, 0.4) is 0 Å². The number of H-pyrrole nitrogens is 2. The van der Waals surface area contributed by atoms with Crippen molar-refractivity contribution in [1.82, 2.24) is 29.1 Å². The third kappa shape index (κ3) is 6.09. The molecule has 19 nitrogen and oxygen atoms in total. The molecule has 11 N–H and O–H groups in total. The van der Waals surface area contributed by atoms with Crippen LogP contribution in [0.2, 0.25) is 0 Å².